The van der Waals surface area contributed by atoms with Crippen LogP contribution in [-0.4, -0.2) is 29.5 Å². The smallest absolute Gasteiger partial charge is 0.239 e. The van der Waals surface area contributed by atoms with E-state index in [2.05, 4.69) is 20.6 Å². The third-order valence-corrected chi connectivity index (χ3v) is 1.40. The number of nitrogens with one attached hydrogen (secondary N) is 2. The molecule has 0 fully saturated rings. The molecule has 6 heteroatoms. The molecule has 1 amide bonds. The van der Waals surface area contributed by atoms with Gasteiger partial charge >= 0.3 is 0 Å². The Morgan fingerprint density at radius 1 is 1.62 bits per heavy atom. The maximum Gasteiger partial charge on any atom is 0.239 e. The lowest BCUT2D eigenvalue weighted by atomic mass is 10.5. The molecule has 1 rings (SSSR count). The van der Waals surface area contributed by atoms with Crippen LogP contribution in [0.3, 0.4) is 0 Å². The van der Waals surface area contributed by atoms with E-state index in [1.807, 2.05) is 0 Å². The first-order valence-corrected chi connectivity index (χ1v) is 3.74. The van der Waals surface area contributed by atoms with Crippen molar-refractivity contribution >= 4 is 17.5 Å². The van der Waals surface area contributed by atoms with Gasteiger partial charge in [0.2, 0.25) is 5.91 Å². The van der Waals surface area contributed by atoms with Crippen molar-refractivity contribution in [1.29, 1.82) is 0 Å². The van der Waals surface area contributed by atoms with E-state index in [4.69, 9.17) is 5.73 Å². The maximum absolute atomic E-state index is 10.8. The Morgan fingerprint density at radius 2 is 2.38 bits per heavy atom. The van der Waals surface area contributed by atoms with Gasteiger partial charge in [0, 0.05) is 13.1 Å². The average Bonchev–Trinajstić information content (AvgIpc) is 2.14. The van der Waals surface area contributed by atoms with Crippen molar-refractivity contribution in [2.45, 2.75) is 0 Å². The average molecular weight is 181 g/mol. The zero-order valence-corrected chi connectivity index (χ0v) is 7.24. The quantitative estimate of drug-likeness (QED) is 0.568. The van der Waals surface area contributed by atoms with Gasteiger partial charge in [-0.1, -0.05) is 0 Å². The fourth-order valence-corrected chi connectivity index (χ4v) is 0.728. The molecule has 6 nitrogen and oxygen atoms in total. The number of hydrogen-bond acceptors (Lipinski definition) is 5. The largest absolute Gasteiger partial charge is 0.384 e. The van der Waals surface area contributed by atoms with Crippen molar-refractivity contribution in [3.63, 3.8) is 0 Å². The molecule has 0 aliphatic carbocycles. The molecule has 0 unspecified atom stereocenters. The molecule has 4 N–H and O–H groups in total. The minimum atomic E-state index is -0.114. The van der Waals surface area contributed by atoms with E-state index in [0.717, 1.165) is 0 Å². The molecule has 1 aromatic rings. The number of carbonyl (C=O) groups is 1. The van der Waals surface area contributed by atoms with Crippen LogP contribution in [-0.2, 0) is 4.79 Å². The number of amides is 1. The molecule has 0 saturated heterocycles. The number of nitrogens with zero attached hydrogens (tertiary/aromatic N) is 2. The molecular formula is C7H11N5O. The number of nitrogen functional groups attached to an aromatic ring is 1. The number of carbonyl (C=O) groups excluding carboxylic acids is 1. The van der Waals surface area contributed by atoms with Crippen LogP contribution in [0.15, 0.2) is 12.4 Å². The van der Waals surface area contributed by atoms with Crippen molar-refractivity contribution in [3.05, 3.63) is 12.4 Å². The lowest BCUT2D eigenvalue weighted by molar-refractivity contribution is -0.118. The van der Waals surface area contributed by atoms with Gasteiger partial charge in [-0.25, -0.2) is 9.97 Å². The summed E-state index contributed by atoms with van der Waals surface area (Å²) in [4.78, 5) is 18.4. The summed E-state index contributed by atoms with van der Waals surface area (Å²) in [7, 11) is 1.57. The highest BCUT2D eigenvalue weighted by Crippen LogP contribution is 2.03. The van der Waals surface area contributed by atoms with Gasteiger partial charge in [-0.15, -0.1) is 0 Å². The second kappa shape index (κ2) is 4.24. The minimum Gasteiger partial charge on any atom is -0.384 e. The first-order valence-electron chi connectivity index (χ1n) is 3.74. The van der Waals surface area contributed by atoms with E-state index in [1.54, 1.807) is 13.1 Å². The number of anilines is 2. The lowest BCUT2D eigenvalue weighted by Gasteiger charge is -2.03. The summed E-state index contributed by atoms with van der Waals surface area (Å²) in [6.07, 6.45) is 1.33. The van der Waals surface area contributed by atoms with E-state index in [-0.39, 0.29) is 12.5 Å². The highest BCUT2D eigenvalue weighted by molar-refractivity contribution is 5.80. The van der Waals surface area contributed by atoms with E-state index >= 15 is 0 Å². The number of rotatable bonds is 3. The van der Waals surface area contributed by atoms with Gasteiger partial charge in [0.25, 0.3) is 0 Å². The number of aromatic nitrogens is 2. The molecule has 0 radical (unpaired) electrons. The molecular weight excluding hydrogens is 170 g/mol. The fourth-order valence-electron chi connectivity index (χ4n) is 0.728. The topological polar surface area (TPSA) is 92.9 Å². The second-order valence-electron chi connectivity index (χ2n) is 2.35. The van der Waals surface area contributed by atoms with Crippen LogP contribution in [0.2, 0.25) is 0 Å². The molecule has 0 aromatic carbocycles. The van der Waals surface area contributed by atoms with Crippen LogP contribution in [0.25, 0.3) is 0 Å². The Bertz CT molecular complexity index is 301. The molecule has 1 heterocycles. The molecule has 1 aromatic heterocycles. The van der Waals surface area contributed by atoms with Gasteiger partial charge in [-0.3, -0.25) is 4.79 Å². The second-order valence-corrected chi connectivity index (χ2v) is 2.35. The van der Waals surface area contributed by atoms with E-state index < -0.39 is 0 Å². The Balaban J connectivity index is 2.50. The molecule has 13 heavy (non-hydrogen) atoms. The Labute approximate surface area is 75.6 Å². The monoisotopic (exact) mass is 181 g/mol. The summed E-state index contributed by atoms with van der Waals surface area (Å²) in [6.45, 7) is 0.174. The first-order chi connectivity index (χ1) is 6.22. The SMILES string of the molecule is CNC(=O)CNc1cc(N)ncn1. The van der Waals surface area contributed by atoms with E-state index in [1.165, 1.54) is 6.33 Å². The number of nitrogens with two attached hydrogens (primary N) is 1. The van der Waals surface area contributed by atoms with Crippen molar-refractivity contribution in [2.24, 2.45) is 0 Å². The standard InChI is InChI=1S/C7H11N5O/c1-9-7(13)3-10-6-2-5(8)11-4-12-6/h2,4H,3H2,1H3,(H,9,13)(H3,8,10,11,12). The molecule has 0 bridgehead atoms. The molecule has 0 atom stereocenters. The molecule has 0 aliphatic heterocycles. The summed E-state index contributed by atoms with van der Waals surface area (Å²) in [6, 6.07) is 1.56. The fraction of sp³-hybridized carbons (Fsp3) is 0.286. The highest BCUT2D eigenvalue weighted by atomic mass is 16.1. The zero-order valence-electron chi connectivity index (χ0n) is 7.24. The van der Waals surface area contributed by atoms with Gasteiger partial charge in [0.1, 0.15) is 18.0 Å². The summed E-state index contributed by atoms with van der Waals surface area (Å²) >= 11 is 0. The van der Waals surface area contributed by atoms with Crippen LogP contribution in [0.1, 0.15) is 0 Å². The van der Waals surface area contributed by atoms with Crippen LogP contribution >= 0.6 is 0 Å². The number of likely N-dealkylation sites (N-methyl/N-ethyl adjacent to an activating group) is 1. The van der Waals surface area contributed by atoms with E-state index in [0.29, 0.717) is 11.6 Å². The Kier molecular flexibility index (Phi) is 3.02. The predicted molar refractivity (Wildman–Crippen MR) is 49.0 cm³/mol. The third kappa shape index (κ3) is 2.94. The Hall–Kier alpha value is -1.85. The minimum absolute atomic E-state index is 0.114. The molecule has 0 aliphatic rings. The van der Waals surface area contributed by atoms with Crippen molar-refractivity contribution in [2.75, 3.05) is 24.6 Å². The first kappa shape index (κ1) is 9.24. The maximum atomic E-state index is 10.8. The summed E-state index contributed by atoms with van der Waals surface area (Å²) in [5, 5.41) is 5.27. The number of hydrogen-bond donors (Lipinski definition) is 3. The molecule has 0 spiro atoms. The zero-order chi connectivity index (χ0) is 9.68. The third-order valence-electron chi connectivity index (χ3n) is 1.40. The summed E-state index contributed by atoms with van der Waals surface area (Å²) in [5.41, 5.74) is 5.41. The van der Waals surface area contributed by atoms with Gasteiger partial charge < -0.3 is 16.4 Å². The van der Waals surface area contributed by atoms with Crippen LogP contribution in [0.5, 0.6) is 0 Å². The summed E-state index contributed by atoms with van der Waals surface area (Å²) < 4.78 is 0. The van der Waals surface area contributed by atoms with Gasteiger partial charge in [-0.05, 0) is 0 Å². The van der Waals surface area contributed by atoms with Crippen LogP contribution < -0.4 is 16.4 Å². The van der Waals surface area contributed by atoms with Crippen LogP contribution in [0.4, 0.5) is 11.6 Å². The van der Waals surface area contributed by atoms with Crippen molar-refractivity contribution in [1.82, 2.24) is 15.3 Å². The van der Waals surface area contributed by atoms with Gasteiger partial charge in [-0.2, -0.15) is 0 Å². The normalized spacial score (nSPS) is 9.31. The van der Waals surface area contributed by atoms with E-state index in [9.17, 15) is 4.79 Å². The highest BCUT2D eigenvalue weighted by Gasteiger charge is 1.98. The lowest BCUT2D eigenvalue weighted by Crippen LogP contribution is -2.26. The van der Waals surface area contributed by atoms with Crippen molar-refractivity contribution in [3.8, 4) is 0 Å². The Morgan fingerprint density at radius 3 is 3.00 bits per heavy atom. The van der Waals surface area contributed by atoms with Crippen LogP contribution in [0, 0.1) is 0 Å². The van der Waals surface area contributed by atoms with Gasteiger partial charge in [0.15, 0.2) is 0 Å². The van der Waals surface area contributed by atoms with Crippen molar-refractivity contribution < 1.29 is 4.79 Å². The molecule has 0 saturated carbocycles. The van der Waals surface area contributed by atoms with Gasteiger partial charge in [0.05, 0.1) is 6.54 Å². The molecule has 70 valence electrons. The predicted octanol–water partition coefficient (Wildman–Crippen LogP) is -0.783. The summed E-state index contributed by atoms with van der Waals surface area (Å²) in [5.74, 6) is 0.794.